The average molecular weight is 284 g/mol. The summed E-state index contributed by atoms with van der Waals surface area (Å²) in [7, 11) is 0. The van der Waals surface area contributed by atoms with Crippen LogP contribution in [0.5, 0.6) is 0 Å². The van der Waals surface area contributed by atoms with Crippen LogP contribution in [0, 0.1) is 5.41 Å². The van der Waals surface area contributed by atoms with E-state index in [1.807, 2.05) is 18.2 Å². The van der Waals surface area contributed by atoms with Crippen molar-refractivity contribution in [3.05, 3.63) is 33.3 Å². The number of halogens is 3. The third kappa shape index (κ3) is 3.55. The number of hydrogen-bond acceptors (Lipinski definition) is 1. The second-order valence-electron chi connectivity index (χ2n) is 2.41. The summed E-state index contributed by atoms with van der Waals surface area (Å²) < 4.78 is 0.836. The predicted octanol–water partition coefficient (Wildman–Crippen LogP) is 3.00. The predicted molar refractivity (Wildman–Crippen MR) is 62.0 cm³/mol. The Morgan fingerprint density at radius 1 is 1.54 bits per heavy atom. The van der Waals surface area contributed by atoms with Crippen molar-refractivity contribution in [1.29, 1.82) is 5.41 Å². The smallest absolute Gasteiger partial charge is 0.0950 e. The van der Waals surface area contributed by atoms with Crippen molar-refractivity contribution in [2.24, 2.45) is 5.73 Å². The molecule has 0 aliphatic heterocycles. The molecular formula is C8H9BrCl2N2. The van der Waals surface area contributed by atoms with E-state index in [1.165, 1.54) is 0 Å². The summed E-state index contributed by atoms with van der Waals surface area (Å²) in [5.74, 6) is 0.120. The maximum absolute atomic E-state index is 7.10. The number of hydrogen-bond donors (Lipinski definition) is 2. The highest BCUT2D eigenvalue weighted by Gasteiger charge is 2.03. The molecule has 0 fully saturated rings. The molecule has 5 heteroatoms. The lowest BCUT2D eigenvalue weighted by atomic mass is 10.1. The Hall–Kier alpha value is -0.250. The molecule has 72 valence electrons. The highest BCUT2D eigenvalue weighted by Crippen LogP contribution is 2.25. The van der Waals surface area contributed by atoms with E-state index in [1.54, 1.807) is 0 Å². The van der Waals surface area contributed by atoms with Crippen molar-refractivity contribution >= 4 is 45.8 Å². The molecule has 1 aromatic rings. The molecule has 0 bridgehead atoms. The van der Waals surface area contributed by atoms with Gasteiger partial charge in [-0.2, -0.15) is 0 Å². The zero-order valence-corrected chi connectivity index (χ0v) is 9.84. The molecule has 0 spiro atoms. The van der Waals surface area contributed by atoms with Crippen molar-refractivity contribution < 1.29 is 0 Å². The molecule has 2 nitrogen and oxygen atoms in total. The van der Waals surface area contributed by atoms with Crippen LogP contribution in [0.3, 0.4) is 0 Å². The van der Waals surface area contributed by atoms with Gasteiger partial charge in [-0.05, 0) is 27.6 Å². The van der Waals surface area contributed by atoms with Crippen LogP contribution in [0.15, 0.2) is 22.7 Å². The Balaban J connectivity index is 0.00000144. The molecule has 0 saturated heterocycles. The van der Waals surface area contributed by atoms with Crippen molar-refractivity contribution in [2.75, 3.05) is 0 Å². The van der Waals surface area contributed by atoms with Gasteiger partial charge in [-0.25, -0.2) is 0 Å². The molecule has 0 atom stereocenters. The van der Waals surface area contributed by atoms with Gasteiger partial charge in [0.05, 0.1) is 10.9 Å². The molecule has 0 aromatic heterocycles. The lowest BCUT2D eigenvalue weighted by Crippen LogP contribution is -2.12. The topological polar surface area (TPSA) is 49.9 Å². The molecule has 0 radical (unpaired) electrons. The van der Waals surface area contributed by atoms with E-state index in [4.69, 9.17) is 22.7 Å². The largest absolute Gasteiger partial charge is 0.387 e. The Bertz CT molecular complexity index is 315. The van der Waals surface area contributed by atoms with Crippen LogP contribution in [0.1, 0.15) is 5.56 Å². The van der Waals surface area contributed by atoms with Crippen LogP contribution in [-0.2, 0) is 6.42 Å². The first-order chi connectivity index (χ1) is 5.61. The van der Waals surface area contributed by atoms with E-state index < -0.39 is 0 Å². The molecule has 0 unspecified atom stereocenters. The zero-order chi connectivity index (χ0) is 9.14. The molecule has 1 aromatic carbocycles. The third-order valence-corrected chi connectivity index (χ3v) is 2.75. The van der Waals surface area contributed by atoms with Crippen molar-refractivity contribution in [3.63, 3.8) is 0 Å². The molecular weight excluding hydrogens is 275 g/mol. The maximum atomic E-state index is 7.10. The van der Waals surface area contributed by atoms with Gasteiger partial charge in [0, 0.05) is 10.9 Å². The molecule has 0 heterocycles. The minimum absolute atomic E-state index is 0. The van der Waals surface area contributed by atoms with Gasteiger partial charge >= 0.3 is 0 Å². The fourth-order valence-corrected chi connectivity index (χ4v) is 1.49. The van der Waals surface area contributed by atoms with E-state index in [0.717, 1.165) is 10.0 Å². The van der Waals surface area contributed by atoms with E-state index in [9.17, 15) is 0 Å². The Morgan fingerprint density at radius 3 is 2.69 bits per heavy atom. The highest BCUT2D eigenvalue weighted by atomic mass is 79.9. The number of benzene rings is 1. The Morgan fingerprint density at radius 2 is 2.15 bits per heavy atom. The fraction of sp³-hybridized carbons (Fsp3) is 0.125. The van der Waals surface area contributed by atoms with Gasteiger partial charge in [0.15, 0.2) is 0 Å². The van der Waals surface area contributed by atoms with Crippen LogP contribution in [-0.4, -0.2) is 5.84 Å². The van der Waals surface area contributed by atoms with E-state index >= 15 is 0 Å². The normalized spacial score (nSPS) is 9.08. The number of amidine groups is 1. The van der Waals surface area contributed by atoms with Crippen LogP contribution in [0.25, 0.3) is 0 Å². The first kappa shape index (κ1) is 12.8. The monoisotopic (exact) mass is 282 g/mol. The summed E-state index contributed by atoms with van der Waals surface area (Å²) in [6.07, 6.45) is 0.401. The van der Waals surface area contributed by atoms with E-state index in [0.29, 0.717) is 11.4 Å². The van der Waals surface area contributed by atoms with Gasteiger partial charge < -0.3 is 5.73 Å². The Labute approximate surface area is 96.5 Å². The quantitative estimate of drug-likeness (QED) is 0.636. The lowest BCUT2D eigenvalue weighted by molar-refractivity contribution is 1.24. The van der Waals surface area contributed by atoms with Crippen LogP contribution < -0.4 is 5.73 Å². The number of nitrogens with one attached hydrogen (secondary N) is 1. The van der Waals surface area contributed by atoms with Gasteiger partial charge in [-0.1, -0.05) is 23.7 Å². The summed E-state index contributed by atoms with van der Waals surface area (Å²) >= 11 is 9.23. The van der Waals surface area contributed by atoms with Gasteiger partial charge in [-0.15, -0.1) is 12.4 Å². The van der Waals surface area contributed by atoms with Gasteiger partial charge in [0.2, 0.25) is 0 Å². The van der Waals surface area contributed by atoms with Crippen molar-refractivity contribution in [2.45, 2.75) is 6.42 Å². The molecule has 3 N–H and O–H groups in total. The molecule has 1 rings (SSSR count). The first-order valence-corrected chi connectivity index (χ1v) is 4.54. The number of nitrogens with two attached hydrogens (primary N) is 1. The number of rotatable bonds is 2. The highest BCUT2D eigenvalue weighted by molar-refractivity contribution is 9.10. The second-order valence-corrected chi connectivity index (χ2v) is 3.65. The fourth-order valence-electron chi connectivity index (χ4n) is 0.890. The van der Waals surface area contributed by atoms with Crippen LogP contribution in [0.2, 0.25) is 5.02 Å². The third-order valence-electron chi connectivity index (χ3n) is 1.41. The van der Waals surface area contributed by atoms with Gasteiger partial charge in [0.1, 0.15) is 0 Å². The minimum Gasteiger partial charge on any atom is -0.387 e. The van der Waals surface area contributed by atoms with Gasteiger partial charge in [-0.3, -0.25) is 5.41 Å². The Kier molecular flexibility index (Phi) is 5.37. The van der Waals surface area contributed by atoms with Crippen molar-refractivity contribution in [3.8, 4) is 0 Å². The molecule has 0 saturated carbocycles. The first-order valence-electron chi connectivity index (χ1n) is 3.37. The summed E-state index contributed by atoms with van der Waals surface area (Å²) in [6, 6.07) is 5.58. The SMILES string of the molecule is Cl.N=C(N)Cc1cccc(Br)c1Cl. The van der Waals surface area contributed by atoms with Crippen LogP contribution >= 0.6 is 39.9 Å². The summed E-state index contributed by atoms with van der Waals surface area (Å²) in [6.45, 7) is 0. The molecule has 13 heavy (non-hydrogen) atoms. The zero-order valence-electron chi connectivity index (χ0n) is 6.68. The minimum atomic E-state index is 0. The van der Waals surface area contributed by atoms with Gasteiger partial charge in [0.25, 0.3) is 0 Å². The summed E-state index contributed by atoms with van der Waals surface area (Å²) in [4.78, 5) is 0. The average Bonchev–Trinajstić information content (AvgIpc) is 1.98. The van der Waals surface area contributed by atoms with Crippen molar-refractivity contribution in [1.82, 2.24) is 0 Å². The molecule has 0 aliphatic carbocycles. The molecule has 0 amide bonds. The van der Waals surface area contributed by atoms with Crippen LogP contribution in [0.4, 0.5) is 0 Å². The lowest BCUT2D eigenvalue weighted by Gasteiger charge is -2.03. The summed E-state index contributed by atoms with van der Waals surface area (Å²) in [5, 5.41) is 7.73. The van der Waals surface area contributed by atoms with E-state index in [2.05, 4.69) is 15.9 Å². The standard InChI is InChI=1S/C8H8BrClN2.ClH/c9-6-3-1-2-5(8(6)10)4-7(11)12;/h1-3H,4H2,(H3,11,12);1H. The van der Waals surface area contributed by atoms with E-state index in [-0.39, 0.29) is 18.2 Å². The summed E-state index contributed by atoms with van der Waals surface area (Å²) in [5.41, 5.74) is 6.13. The maximum Gasteiger partial charge on any atom is 0.0950 e. The molecule has 0 aliphatic rings. The second kappa shape index (κ2) is 5.47.